The Balaban J connectivity index is 1.71. The predicted molar refractivity (Wildman–Crippen MR) is 84.7 cm³/mol. The van der Waals surface area contributed by atoms with Crippen LogP contribution in [0, 0.1) is 5.92 Å². The summed E-state index contributed by atoms with van der Waals surface area (Å²) in [6.07, 6.45) is 2.90. The zero-order valence-electron chi connectivity index (χ0n) is 12.0. The number of rotatable bonds is 2. The first-order chi connectivity index (χ1) is 10.2. The van der Waals surface area contributed by atoms with Gasteiger partial charge in [0.05, 0.1) is 19.1 Å². The number of nitrogens with two attached hydrogens (primary N) is 1. The van der Waals surface area contributed by atoms with Crippen LogP contribution in [0.25, 0.3) is 0 Å². The lowest BCUT2D eigenvalue weighted by atomic mass is 10.0. The Morgan fingerprint density at radius 3 is 2.86 bits per heavy atom. The van der Waals surface area contributed by atoms with Gasteiger partial charge < -0.3 is 15.4 Å². The van der Waals surface area contributed by atoms with Gasteiger partial charge in [-0.05, 0) is 24.5 Å². The van der Waals surface area contributed by atoms with E-state index in [1.54, 1.807) is 0 Å². The Kier molecular flexibility index (Phi) is 4.62. The van der Waals surface area contributed by atoms with Gasteiger partial charge in [-0.2, -0.15) is 0 Å². The number of morpholine rings is 1. The molecule has 2 aliphatic rings. The number of nitrogens with zero attached hydrogens (tertiary/aromatic N) is 1. The first-order valence-electron chi connectivity index (χ1n) is 7.57. The van der Waals surface area contributed by atoms with Crippen LogP contribution in [0.3, 0.4) is 0 Å². The van der Waals surface area contributed by atoms with Crippen LogP contribution in [-0.4, -0.2) is 36.5 Å². The van der Waals surface area contributed by atoms with E-state index >= 15 is 0 Å². The van der Waals surface area contributed by atoms with Crippen molar-refractivity contribution in [2.75, 3.05) is 19.7 Å². The SMILES string of the molecule is N[C@@H]1CCC[C@H]1C(=O)N1CCO[C@@H](c2ccccc2Br)C1. The molecule has 1 aliphatic carbocycles. The number of carbonyl (C=O) groups is 1. The Labute approximate surface area is 133 Å². The molecule has 114 valence electrons. The molecule has 1 aromatic rings. The normalized spacial score (nSPS) is 29.6. The van der Waals surface area contributed by atoms with Crippen molar-refractivity contribution in [3.63, 3.8) is 0 Å². The Morgan fingerprint density at radius 2 is 2.14 bits per heavy atom. The summed E-state index contributed by atoms with van der Waals surface area (Å²) >= 11 is 3.56. The van der Waals surface area contributed by atoms with Gasteiger partial charge in [-0.25, -0.2) is 0 Å². The second-order valence-corrected chi connectivity index (χ2v) is 6.72. The van der Waals surface area contributed by atoms with Crippen molar-refractivity contribution in [3.8, 4) is 0 Å². The van der Waals surface area contributed by atoms with Gasteiger partial charge in [-0.1, -0.05) is 40.5 Å². The highest BCUT2D eigenvalue weighted by Gasteiger charge is 2.35. The maximum absolute atomic E-state index is 12.7. The molecule has 4 nitrogen and oxygen atoms in total. The third kappa shape index (κ3) is 3.15. The zero-order chi connectivity index (χ0) is 14.8. The second-order valence-electron chi connectivity index (χ2n) is 5.87. The summed E-state index contributed by atoms with van der Waals surface area (Å²) in [7, 11) is 0. The van der Waals surface area contributed by atoms with Crippen molar-refractivity contribution < 1.29 is 9.53 Å². The van der Waals surface area contributed by atoms with Gasteiger partial charge in [0.2, 0.25) is 5.91 Å². The molecule has 1 saturated carbocycles. The van der Waals surface area contributed by atoms with E-state index in [1.165, 1.54) is 0 Å². The highest BCUT2D eigenvalue weighted by Crippen LogP contribution is 2.31. The highest BCUT2D eigenvalue weighted by atomic mass is 79.9. The largest absolute Gasteiger partial charge is 0.370 e. The molecular weight excluding hydrogens is 332 g/mol. The molecule has 2 fully saturated rings. The smallest absolute Gasteiger partial charge is 0.227 e. The minimum absolute atomic E-state index is 0.00274. The first-order valence-corrected chi connectivity index (χ1v) is 8.36. The molecule has 1 saturated heterocycles. The van der Waals surface area contributed by atoms with Crippen LogP contribution in [0.2, 0.25) is 0 Å². The molecule has 5 heteroatoms. The Hall–Kier alpha value is -0.910. The fourth-order valence-electron chi connectivity index (χ4n) is 3.30. The van der Waals surface area contributed by atoms with Crippen molar-refractivity contribution in [1.29, 1.82) is 0 Å². The Morgan fingerprint density at radius 1 is 1.33 bits per heavy atom. The summed E-state index contributed by atoms with van der Waals surface area (Å²) in [4.78, 5) is 14.6. The zero-order valence-corrected chi connectivity index (χ0v) is 13.6. The van der Waals surface area contributed by atoms with E-state index in [1.807, 2.05) is 29.2 Å². The van der Waals surface area contributed by atoms with Crippen molar-refractivity contribution in [2.45, 2.75) is 31.4 Å². The maximum atomic E-state index is 12.7. The van der Waals surface area contributed by atoms with Gasteiger partial charge in [0.15, 0.2) is 0 Å². The minimum atomic E-state index is -0.0593. The van der Waals surface area contributed by atoms with Crippen LogP contribution in [0.5, 0.6) is 0 Å². The average Bonchev–Trinajstić information content (AvgIpc) is 2.93. The van der Waals surface area contributed by atoms with Gasteiger partial charge in [0.1, 0.15) is 6.10 Å². The Bertz CT molecular complexity index is 523. The lowest BCUT2D eigenvalue weighted by Crippen LogP contribution is -2.47. The lowest BCUT2D eigenvalue weighted by molar-refractivity contribution is -0.143. The summed E-state index contributed by atoms with van der Waals surface area (Å²) in [5, 5.41) is 0. The van der Waals surface area contributed by atoms with Crippen LogP contribution in [0.4, 0.5) is 0 Å². The van der Waals surface area contributed by atoms with E-state index in [-0.39, 0.29) is 24.0 Å². The van der Waals surface area contributed by atoms with Crippen molar-refractivity contribution >= 4 is 21.8 Å². The number of benzene rings is 1. The van der Waals surface area contributed by atoms with Crippen molar-refractivity contribution in [3.05, 3.63) is 34.3 Å². The summed E-state index contributed by atoms with van der Waals surface area (Å²) < 4.78 is 6.89. The fraction of sp³-hybridized carbons (Fsp3) is 0.562. The van der Waals surface area contributed by atoms with Crippen LogP contribution < -0.4 is 5.73 Å². The van der Waals surface area contributed by atoms with E-state index in [4.69, 9.17) is 10.5 Å². The predicted octanol–water partition coefficient (Wildman–Crippen LogP) is 2.48. The molecule has 0 spiro atoms. The minimum Gasteiger partial charge on any atom is -0.370 e. The van der Waals surface area contributed by atoms with Crippen LogP contribution in [0.15, 0.2) is 28.7 Å². The van der Waals surface area contributed by atoms with E-state index in [2.05, 4.69) is 15.9 Å². The van der Waals surface area contributed by atoms with E-state index < -0.39 is 0 Å². The van der Waals surface area contributed by atoms with Gasteiger partial charge in [0.25, 0.3) is 0 Å². The molecule has 0 bridgehead atoms. The summed E-state index contributed by atoms with van der Waals surface area (Å²) in [6, 6.07) is 8.06. The fourth-order valence-corrected chi connectivity index (χ4v) is 3.84. The molecule has 1 amide bonds. The topological polar surface area (TPSA) is 55.6 Å². The van der Waals surface area contributed by atoms with Crippen molar-refractivity contribution in [1.82, 2.24) is 4.90 Å². The molecule has 0 radical (unpaired) electrons. The van der Waals surface area contributed by atoms with E-state index in [0.29, 0.717) is 19.7 Å². The standard InChI is InChI=1S/C16H21BrN2O2/c17-13-6-2-1-4-11(13)15-10-19(8-9-21-15)16(20)12-5-3-7-14(12)18/h1-2,4,6,12,14-15H,3,5,7-10,18H2/t12-,14-,15-/m1/s1. The molecular formula is C16H21BrN2O2. The molecule has 3 rings (SSSR count). The number of ether oxygens (including phenoxy) is 1. The summed E-state index contributed by atoms with van der Waals surface area (Å²) in [5.74, 6) is 0.211. The number of hydrogen-bond donors (Lipinski definition) is 1. The van der Waals surface area contributed by atoms with Gasteiger partial charge >= 0.3 is 0 Å². The molecule has 0 unspecified atom stereocenters. The van der Waals surface area contributed by atoms with Crippen LogP contribution >= 0.6 is 15.9 Å². The monoisotopic (exact) mass is 352 g/mol. The number of hydrogen-bond acceptors (Lipinski definition) is 3. The molecule has 21 heavy (non-hydrogen) atoms. The summed E-state index contributed by atoms with van der Waals surface area (Å²) in [6.45, 7) is 1.87. The number of carbonyl (C=O) groups excluding carboxylic acids is 1. The van der Waals surface area contributed by atoms with E-state index in [9.17, 15) is 4.79 Å². The average molecular weight is 353 g/mol. The number of halogens is 1. The quantitative estimate of drug-likeness (QED) is 0.889. The lowest BCUT2D eigenvalue weighted by Gasteiger charge is -2.35. The van der Waals surface area contributed by atoms with Gasteiger partial charge in [0, 0.05) is 17.1 Å². The molecule has 3 atom stereocenters. The van der Waals surface area contributed by atoms with Crippen molar-refractivity contribution in [2.24, 2.45) is 11.7 Å². The summed E-state index contributed by atoms with van der Waals surface area (Å²) in [5.41, 5.74) is 7.17. The molecule has 0 aromatic heterocycles. The van der Waals surface area contributed by atoms with Gasteiger partial charge in [-0.15, -0.1) is 0 Å². The highest BCUT2D eigenvalue weighted by molar-refractivity contribution is 9.10. The molecule has 1 aliphatic heterocycles. The molecule has 1 heterocycles. The maximum Gasteiger partial charge on any atom is 0.227 e. The number of amides is 1. The molecule has 2 N–H and O–H groups in total. The molecule has 1 aromatic carbocycles. The van der Waals surface area contributed by atoms with Gasteiger partial charge in [-0.3, -0.25) is 4.79 Å². The third-order valence-electron chi connectivity index (χ3n) is 4.52. The van der Waals surface area contributed by atoms with Crippen LogP contribution in [-0.2, 0) is 9.53 Å². The van der Waals surface area contributed by atoms with Crippen LogP contribution in [0.1, 0.15) is 30.9 Å². The third-order valence-corrected chi connectivity index (χ3v) is 5.24. The van der Waals surface area contributed by atoms with E-state index in [0.717, 1.165) is 29.3 Å². The second kappa shape index (κ2) is 6.46. The first kappa shape index (κ1) is 15.0.